The SMILES string of the molecule is CC(C)c1ncncc1-c1cc(C(=O)NC(C)(C)CO)cc(-c2ccc(Cl)cc2)c1. The highest BCUT2D eigenvalue weighted by Gasteiger charge is 2.21. The van der Waals surface area contributed by atoms with E-state index >= 15 is 0 Å². The second-order valence-corrected chi connectivity index (χ2v) is 8.71. The summed E-state index contributed by atoms with van der Waals surface area (Å²) < 4.78 is 0. The molecule has 0 saturated heterocycles. The highest BCUT2D eigenvalue weighted by atomic mass is 35.5. The highest BCUT2D eigenvalue weighted by Crippen LogP contribution is 2.32. The Labute approximate surface area is 182 Å². The molecule has 0 saturated carbocycles. The number of carbonyl (C=O) groups is 1. The predicted octanol–water partition coefficient (Wildman–Crippen LogP) is 5.09. The predicted molar refractivity (Wildman–Crippen MR) is 121 cm³/mol. The van der Waals surface area contributed by atoms with Crippen LogP contribution in [0.15, 0.2) is 55.0 Å². The number of carbonyl (C=O) groups excluding carboxylic acids is 1. The van der Waals surface area contributed by atoms with Crippen molar-refractivity contribution in [2.75, 3.05) is 6.61 Å². The molecule has 0 spiro atoms. The Morgan fingerprint density at radius 1 is 1.10 bits per heavy atom. The molecule has 3 rings (SSSR count). The number of hydrogen-bond donors (Lipinski definition) is 2. The third-order valence-corrected chi connectivity index (χ3v) is 5.07. The number of benzene rings is 2. The van der Waals surface area contributed by atoms with Crippen molar-refractivity contribution in [3.8, 4) is 22.3 Å². The molecule has 0 aliphatic rings. The maximum absolute atomic E-state index is 13.0. The van der Waals surface area contributed by atoms with E-state index in [-0.39, 0.29) is 18.4 Å². The van der Waals surface area contributed by atoms with Crippen LogP contribution in [-0.2, 0) is 0 Å². The molecule has 1 amide bonds. The molecular formula is C24H26ClN3O2. The minimum absolute atomic E-state index is 0.160. The van der Waals surface area contributed by atoms with Gasteiger partial charge < -0.3 is 10.4 Å². The number of aliphatic hydroxyl groups is 1. The van der Waals surface area contributed by atoms with Gasteiger partial charge in [-0.3, -0.25) is 4.79 Å². The molecular weight excluding hydrogens is 398 g/mol. The number of nitrogens with zero attached hydrogens (tertiary/aromatic N) is 2. The van der Waals surface area contributed by atoms with E-state index in [4.69, 9.17) is 11.6 Å². The first-order valence-electron chi connectivity index (χ1n) is 9.85. The van der Waals surface area contributed by atoms with Crippen molar-refractivity contribution in [2.24, 2.45) is 0 Å². The average Bonchev–Trinajstić information content (AvgIpc) is 2.73. The number of hydrogen-bond acceptors (Lipinski definition) is 4. The van der Waals surface area contributed by atoms with E-state index in [9.17, 15) is 9.90 Å². The molecule has 0 aliphatic carbocycles. The molecule has 0 fully saturated rings. The van der Waals surface area contributed by atoms with Crippen LogP contribution in [0.2, 0.25) is 5.02 Å². The molecule has 3 aromatic rings. The number of aromatic nitrogens is 2. The Hall–Kier alpha value is -2.76. The first-order valence-corrected chi connectivity index (χ1v) is 10.2. The topological polar surface area (TPSA) is 75.1 Å². The van der Waals surface area contributed by atoms with Gasteiger partial charge in [0.2, 0.25) is 0 Å². The van der Waals surface area contributed by atoms with Gasteiger partial charge in [0.15, 0.2) is 0 Å². The van der Waals surface area contributed by atoms with E-state index in [1.807, 2.05) is 42.5 Å². The van der Waals surface area contributed by atoms with Crippen LogP contribution in [0.3, 0.4) is 0 Å². The fourth-order valence-corrected chi connectivity index (χ4v) is 3.29. The lowest BCUT2D eigenvalue weighted by Gasteiger charge is -2.24. The number of aliphatic hydroxyl groups excluding tert-OH is 1. The molecule has 0 unspecified atom stereocenters. The number of halogens is 1. The summed E-state index contributed by atoms with van der Waals surface area (Å²) in [6.45, 7) is 7.54. The molecule has 0 bridgehead atoms. The van der Waals surface area contributed by atoms with E-state index in [1.165, 1.54) is 0 Å². The highest BCUT2D eigenvalue weighted by molar-refractivity contribution is 6.30. The molecule has 30 heavy (non-hydrogen) atoms. The Morgan fingerprint density at radius 2 is 1.77 bits per heavy atom. The van der Waals surface area contributed by atoms with Crippen LogP contribution in [-0.4, -0.2) is 33.1 Å². The van der Waals surface area contributed by atoms with Gasteiger partial charge in [0, 0.05) is 22.3 Å². The van der Waals surface area contributed by atoms with Crippen molar-refractivity contribution in [2.45, 2.75) is 39.2 Å². The van der Waals surface area contributed by atoms with E-state index in [2.05, 4.69) is 29.1 Å². The van der Waals surface area contributed by atoms with Crippen LogP contribution >= 0.6 is 11.6 Å². The van der Waals surface area contributed by atoms with Crippen LogP contribution < -0.4 is 5.32 Å². The van der Waals surface area contributed by atoms with Crippen molar-refractivity contribution >= 4 is 17.5 Å². The minimum atomic E-state index is -0.730. The molecule has 1 aromatic heterocycles. The van der Waals surface area contributed by atoms with Crippen molar-refractivity contribution in [3.05, 3.63) is 71.3 Å². The van der Waals surface area contributed by atoms with E-state index in [1.54, 1.807) is 26.4 Å². The molecule has 0 radical (unpaired) electrons. The minimum Gasteiger partial charge on any atom is -0.394 e. The van der Waals surface area contributed by atoms with Gasteiger partial charge in [0.25, 0.3) is 5.91 Å². The zero-order valence-corrected chi connectivity index (χ0v) is 18.4. The van der Waals surface area contributed by atoms with Gasteiger partial charge in [0.1, 0.15) is 6.33 Å². The quantitative estimate of drug-likeness (QED) is 0.579. The van der Waals surface area contributed by atoms with Gasteiger partial charge in [-0.25, -0.2) is 9.97 Å². The van der Waals surface area contributed by atoms with Crippen molar-refractivity contribution in [1.29, 1.82) is 0 Å². The fraction of sp³-hybridized carbons (Fsp3) is 0.292. The maximum Gasteiger partial charge on any atom is 0.251 e. The lowest BCUT2D eigenvalue weighted by molar-refractivity contribution is 0.0869. The molecule has 156 valence electrons. The largest absolute Gasteiger partial charge is 0.394 e. The van der Waals surface area contributed by atoms with Gasteiger partial charge in [-0.05, 0) is 66.8 Å². The van der Waals surface area contributed by atoms with Gasteiger partial charge in [-0.1, -0.05) is 37.6 Å². The van der Waals surface area contributed by atoms with Crippen molar-refractivity contribution < 1.29 is 9.90 Å². The molecule has 0 aliphatic heterocycles. The molecule has 2 N–H and O–H groups in total. The zero-order chi connectivity index (χ0) is 21.9. The van der Waals surface area contributed by atoms with E-state index < -0.39 is 5.54 Å². The summed E-state index contributed by atoms with van der Waals surface area (Å²) in [4.78, 5) is 21.6. The smallest absolute Gasteiger partial charge is 0.251 e. The Kier molecular flexibility index (Phi) is 6.54. The Bertz CT molecular complexity index is 1050. The normalized spacial score (nSPS) is 11.6. The Morgan fingerprint density at radius 3 is 2.40 bits per heavy atom. The number of rotatable bonds is 6. The van der Waals surface area contributed by atoms with Gasteiger partial charge in [-0.15, -0.1) is 0 Å². The van der Waals surface area contributed by atoms with Crippen LogP contribution in [0.4, 0.5) is 0 Å². The standard InChI is InChI=1S/C24H26ClN3O2/c1-15(2)22-21(12-26-14-27-22)18-9-17(16-5-7-20(25)8-6-16)10-19(11-18)23(30)28-24(3,4)13-29/h5-12,14-15,29H,13H2,1-4H3,(H,28,30). The van der Waals surface area contributed by atoms with Gasteiger partial charge >= 0.3 is 0 Å². The summed E-state index contributed by atoms with van der Waals surface area (Å²) in [7, 11) is 0. The fourth-order valence-electron chi connectivity index (χ4n) is 3.16. The van der Waals surface area contributed by atoms with E-state index in [0.29, 0.717) is 10.6 Å². The summed E-state index contributed by atoms with van der Waals surface area (Å²) in [5, 5.41) is 13.1. The first kappa shape index (κ1) is 21.9. The maximum atomic E-state index is 13.0. The third kappa shape index (κ3) is 5.04. The second kappa shape index (κ2) is 8.94. The molecule has 5 nitrogen and oxygen atoms in total. The second-order valence-electron chi connectivity index (χ2n) is 8.28. The molecule has 0 atom stereocenters. The van der Waals surface area contributed by atoms with Crippen LogP contribution in [0, 0.1) is 0 Å². The summed E-state index contributed by atoms with van der Waals surface area (Å²) in [6, 6.07) is 13.2. The summed E-state index contributed by atoms with van der Waals surface area (Å²) in [5.74, 6) is -0.0538. The summed E-state index contributed by atoms with van der Waals surface area (Å²) in [5.41, 5.74) is 4.26. The first-order chi connectivity index (χ1) is 14.2. The van der Waals surface area contributed by atoms with E-state index in [0.717, 1.165) is 27.9 Å². The molecule has 1 heterocycles. The monoisotopic (exact) mass is 423 g/mol. The lowest BCUT2D eigenvalue weighted by Crippen LogP contribution is -2.46. The van der Waals surface area contributed by atoms with Gasteiger partial charge in [0.05, 0.1) is 17.8 Å². The summed E-state index contributed by atoms with van der Waals surface area (Å²) in [6.07, 6.45) is 3.32. The lowest BCUT2D eigenvalue weighted by atomic mass is 9.93. The molecule has 2 aromatic carbocycles. The zero-order valence-electron chi connectivity index (χ0n) is 17.6. The number of nitrogens with one attached hydrogen (secondary N) is 1. The van der Waals surface area contributed by atoms with Gasteiger partial charge in [-0.2, -0.15) is 0 Å². The molecule has 6 heteroatoms. The number of amides is 1. The van der Waals surface area contributed by atoms with Crippen LogP contribution in [0.25, 0.3) is 22.3 Å². The van der Waals surface area contributed by atoms with Crippen molar-refractivity contribution in [3.63, 3.8) is 0 Å². The van der Waals surface area contributed by atoms with Crippen molar-refractivity contribution in [1.82, 2.24) is 15.3 Å². The van der Waals surface area contributed by atoms with Crippen LogP contribution in [0.1, 0.15) is 49.7 Å². The average molecular weight is 424 g/mol. The van der Waals surface area contributed by atoms with Crippen LogP contribution in [0.5, 0.6) is 0 Å². The Balaban J connectivity index is 2.16. The summed E-state index contributed by atoms with van der Waals surface area (Å²) >= 11 is 6.05. The third-order valence-electron chi connectivity index (χ3n) is 4.82.